The van der Waals surface area contributed by atoms with E-state index in [9.17, 15) is 4.79 Å². The number of carbonyl (C=O) groups is 1. The maximum Gasteiger partial charge on any atom is 0.189 e. The van der Waals surface area contributed by atoms with Crippen LogP contribution in [0, 0.1) is 0 Å². The van der Waals surface area contributed by atoms with E-state index in [2.05, 4.69) is 38.0 Å². The normalized spacial score (nSPS) is 12.3. The zero-order chi connectivity index (χ0) is 16.3. The zero-order valence-corrected chi connectivity index (χ0v) is 14.0. The van der Waals surface area contributed by atoms with Gasteiger partial charge in [-0.15, -0.1) is 0 Å². The average molecular weight is 296 g/mol. The van der Waals surface area contributed by atoms with Gasteiger partial charge < -0.3 is 0 Å². The Morgan fingerprint density at radius 3 is 2.32 bits per heavy atom. The lowest BCUT2D eigenvalue weighted by atomic mass is 9.87. The smallest absolute Gasteiger partial charge is 0.189 e. The van der Waals surface area contributed by atoms with Crippen molar-refractivity contribution in [3.8, 4) is 0 Å². The molecular formula is C19H24N2O. The van der Waals surface area contributed by atoms with Crippen molar-refractivity contribution in [2.24, 2.45) is 0 Å². The number of allylic oxidation sites excluding steroid dienone is 1. The maximum atomic E-state index is 12.1. The van der Waals surface area contributed by atoms with E-state index in [1.54, 1.807) is 23.2 Å². The first-order valence-corrected chi connectivity index (χ1v) is 7.64. The molecule has 22 heavy (non-hydrogen) atoms. The van der Waals surface area contributed by atoms with E-state index in [0.717, 1.165) is 5.56 Å². The molecule has 1 heterocycles. The van der Waals surface area contributed by atoms with E-state index in [1.807, 2.05) is 32.1 Å². The summed E-state index contributed by atoms with van der Waals surface area (Å²) in [6.45, 7) is 10.6. The second-order valence-electron chi connectivity index (χ2n) is 6.87. The molecule has 2 rings (SSSR count). The van der Waals surface area contributed by atoms with Gasteiger partial charge >= 0.3 is 0 Å². The Kier molecular flexibility index (Phi) is 4.65. The molecule has 1 aromatic carbocycles. The Morgan fingerprint density at radius 2 is 1.82 bits per heavy atom. The van der Waals surface area contributed by atoms with Crippen molar-refractivity contribution in [2.45, 2.75) is 46.1 Å². The molecule has 0 atom stereocenters. The molecule has 0 unspecified atom stereocenters. The summed E-state index contributed by atoms with van der Waals surface area (Å²) in [6.07, 6.45) is 6.87. The zero-order valence-electron chi connectivity index (χ0n) is 14.0. The largest absolute Gasteiger partial charge is 0.289 e. The molecule has 0 aliphatic rings. The lowest BCUT2D eigenvalue weighted by Gasteiger charge is -2.18. The van der Waals surface area contributed by atoms with Crippen molar-refractivity contribution in [2.75, 3.05) is 0 Å². The lowest BCUT2D eigenvalue weighted by molar-refractivity contribution is 0.104. The van der Waals surface area contributed by atoms with Crippen LogP contribution >= 0.6 is 0 Å². The van der Waals surface area contributed by atoms with Gasteiger partial charge in [-0.3, -0.25) is 9.48 Å². The molecule has 3 nitrogen and oxygen atoms in total. The summed E-state index contributed by atoms with van der Waals surface area (Å²) < 4.78 is 1.79. The minimum absolute atomic E-state index is 0.0215. The van der Waals surface area contributed by atoms with Crippen molar-refractivity contribution in [3.63, 3.8) is 0 Å². The van der Waals surface area contributed by atoms with Crippen LogP contribution in [-0.4, -0.2) is 15.6 Å². The summed E-state index contributed by atoms with van der Waals surface area (Å²) in [4.78, 5) is 12.1. The van der Waals surface area contributed by atoms with Gasteiger partial charge in [0.15, 0.2) is 5.78 Å². The molecule has 0 fully saturated rings. The Balaban J connectivity index is 2.09. The van der Waals surface area contributed by atoms with Gasteiger partial charge in [0.05, 0.1) is 11.8 Å². The SMILES string of the molecule is CC(C)n1cc(C(=O)/C=C/c2ccc(C(C)(C)C)cc2)cn1. The number of hydrogen-bond donors (Lipinski definition) is 0. The van der Waals surface area contributed by atoms with E-state index >= 15 is 0 Å². The van der Waals surface area contributed by atoms with Gasteiger partial charge in [-0.25, -0.2) is 0 Å². The first-order chi connectivity index (χ1) is 10.3. The van der Waals surface area contributed by atoms with Crippen LogP contribution in [0.1, 0.15) is 62.1 Å². The van der Waals surface area contributed by atoms with Gasteiger partial charge in [0.2, 0.25) is 0 Å². The monoisotopic (exact) mass is 296 g/mol. The fourth-order valence-electron chi connectivity index (χ4n) is 2.11. The van der Waals surface area contributed by atoms with Crippen LogP contribution in [0.2, 0.25) is 0 Å². The molecule has 0 N–H and O–H groups in total. The van der Waals surface area contributed by atoms with Gasteiger partial charge in [0, 0.05) is 12.2 Å². The topological polar surface area (TPSA) is 34.9 Å². The summed E-state index contributed by atoms with van der Waals surface area (Å²) in [5.74, 6) is -0.0215. The minimum Gasteiger partial charge on any atom is -0.289 e. The molecule has 0 aliphatic carbocycles. The van der Waals surface area contributed by atoms with Gasteiger partial charge in [-0.05, 0) is 36.5 Å². The van der Waals surface area contributed by atoms with E-state index in [4.69, 9.17) is 0 Å². The molecule has 2 aromatic rings. The van der Waals surface area contributed by atoms with E-state index in [-0.39, 0.29) is 17.2 Å². The Labute approximate surface area is 132 Å². The number of rotatable bonds is 4. The number of hydrogen-bond acceptors (Lipinski definition) is 2. The van der Waals surface area contributed by atoms with Crippen molar-refractivity contribution >= 4 is 11.9 Å². The van der Waals surface area contributed by atoms with Crippen LogP contribution in [0.25, 0.3) is 6.08 Å². The molecule has 0 aliphatic heterocycles. The van der Waals surface area contributed by atoms with Crippen LogP contribution < -0.4 is 0 Å². The summed E-state index contributed by atoms with van der Waals surface area (Å²) in [6, 6.07) is 8.57. The second kappa shape index (κ2) is 6.30. The Morgan fingerprint density at radius 1 is 1.18 bits per heavy atom. The molecule has 1 aromatic heterocycles. The van der Waals surface area contributed by atoms with Crippen molar-refractivity contribution in [1.29, 1.82) is 0 Å². The predicted octanol–water partition coefficient (Wildman–Crippen LogP) is 4.66. The minimum atomic E-state index is -0.0215. The molecule has 0 spiro atoms. The quantitative estimate of drug-likeness (QED) is 0.607. The molecule has 3 heteroatoms. The van der Waals surface area contributed by atoms with Crippen LogP contribution in [0.3, 0.4) is 0 Å². The Bertz CT molecular complexity index is 670. The molecule has 0 bridgehead atoms. The van der Waals surface area contributed by atoms with Crippen molar-refractivity contribution in [3.05, 3.63) is 59.4 Å². The number of benzene rings is 1. The third kappa shape index (κ3) is 3.94. The molecular weight excluding hydrogens is 272 g/mol. The average Bonchev–Trinajstić information content (AvgIpc) is 2.94. The fraction of sp³-hybridized carbons (Fsp3) is 0.368. The first-order valence-electron chi connectivity index (χ1n) is 7.64. The Hall–Kier alpha value is -2.16. The van der Waals surface area contributed by atoms with E-state index < -0.39 is 0 Å². The second-order valence-corrected chi connectivity index (χ2v) is 6.87. The highest BCUT2D eigenvalue weighted by molar-refractivity contribution is 6.06. The van der Waals surface area contributed by atoms with Crippen LogP contribution in [0.4, 0.5) is 0 Å². The van der Waals surface area contributed by atoms with Crippen LogP contribution in [0.5, 0.6) is 0 Å². The van der Waals surface area contributed by atoms with Gasteiger partial charge in [0.25, 0.3) is 0 Å². The molecule has 0 saturated heterocycles. The van der Waals surface area contributed by atoms with Gasteiger partial charge in [-0.1, -0.05) is 51.1 Å². The first kappa shape index (κ1) is 16.2. The third-order valence-corrected chi connectivity index (χ3v) is 3.62. The van der Waals surface area contributed by atoms with Crippen molar-refractivity contribution in [1.82, 2.24) is 9.78 Å². The highest BCUT2D eigenvalue weighted by atomic mass is 16.1. The highest BCUT2D eigenvalue weighted by Gasteiger charge is 2.12. The molecule has 0 amide bonds. The highest BCUT2D eigenvalue weighted by Crippen LogP contribution is 2.22. The number of aromatic nitrogens is 2. The summed E-state index contributed by atoms with van der Waals surface area (Å²) in [5.41, 5.74) is 3.08. The van der Waals surface area contributed by atoms with E-state index in [0.29, 0.717) is 5.56 Å². The summed E-state index contributed by atoms with van der Waals surface area (Å²) >= 11 is 0. The fourth-order valence-corrected chi connectivity index (χ4v) is 2.11. The van der Waals surface area contributed by atoms with Crippen LogP contribution in [-0.2, 0) is 5.41 Å². The molecule has 116 valence electrons. The van der Waals surface area contributed by atoms with Gasteiger partial charge in [-0.2, -0.15) is 5.10 Å². The molecule has 0 radical (unpaired) electrons. The standard InChI is InChI=1S/C19H24N2O/c1-14(2)21-13-16(12-20-21)18(22)11-8-15-6-9-17(10-7-15)19(3,4)5/h6-14H,1-5H3/b11-8+. The summed E-state index contributed by atoms with van der Waals surface area (Å²) in [7, 11) is 0. The number of ketones is 1. The van der Waals surface area contributed by atoms with Gasteiger partial charge in [0.1, 0.15) is 0 Å². The van der Waals surface area contributed by atoms with Crippen molar-refractivity contribution < 1.29 is 4.79 Å². The number of carbonyl (C=O) groups excluding carboxylic acids is 1. The third-order valence-electron chi connectivity index (χ3n) is 3.62. The van der Waals surface area contributed by atoms with E-state index in [1.165, 1.54) is 5.56 Å². The molecule has 0 saturated carbocycles. The maximum absolute atomic E-state index is 12.1. The lowest BCUT2D eigenvalue weighted by Crippen LogP contribution is -2.10. The van der Waals surface area contributed by atoms with Crippen LogP contribution in [0.15, 0.2) is 42.7 Å². The summed E-state index contributed by atoms with van der Waals surface area (Å²) in [5, 5.41) is 4.19. The number of nitrogens with zero attached hydrogens (tertiary/aromatic N) is 2. The predicted molar refractivity (Wildman–Crippen MR) is 91.1 cm³/mol.